The second-order valence-electron chi connectivity index (χ2n) is 6.09. The first-order valence-corrected chi connectivity index (χ1v) is 10.2. The van der Waals surface area contributed by atoms with E-state index >= 15 is 0 Å². The van der Waals surface area contributed by atoms with Crippen LogP contribution in [0.15, 0.2) is 71.5 Å². The SMILES string of the molecule is CCS(=O)(=O)[O-].Cn1c(=O)c(-c2ccccc2)n[n+]2c3ccccc3ccc12. The lowest BCUT2D eigenvalue weighted by Crippen LogP contribution is -2.38. The predicted octanol–water partition coefficient (Wildman–Crippen LogP) is 1.89. The van der Waals surface area contributed by atoms with Crippen LogP contribution in [0, 0.1) is 0 Å². The van der Waals surface area contributed by atoms with E-state index in [1.807, 2.05) is 71.2 Å². The standard InChI is InChI=1S/C18H14N3O.C2H6O3S/c1-20-16-12-11-13-7-5-6-10-15(13)21(16)19-17(18(20)22)14-8-3-2-4-9-14;1-2-6(3,4)5/h2-12H,1H3;2H2,1H3,(H,3,4,5)/q+1;/p-1. The molecule has 0 radical (unpaired) electrons. The van der Waals surface area contributed by atoms with Crippen LogP contribution in [0.3, 0.4) is 0 Å². The fourth-order valence-corrected chi connectivity index (χ4v) is 2.72. The molecule has 0 aliphatic rings. The lowest BCUT2D eigenvalue weighted by atomic mass is 10.1. The van der Waals surface area contributed by atoms with Gasteiger partial charge in [-0.15, -0.1) is 0 Å². The van der Waals surface area contributed by atoms with Crippen LogP contribution in [0.5, 0.6) is 0 Å². The molecule has 0 saturated heterocycles. The van der Waals surface area contributed by atoms with Crippen molar-refractivity contribution in [2.75, 3.05) is 5.75 Å². The monoisotopic (exact) mass is 397 g/mol. The summed E-state index contributed by atoms with van der Waals surface area (Å²) in [5.41, 5.74) is 2.93. The Labute approximate surface area is 162 Å². The van der Waals surface area contributed by atoms with Gasteiger partial charge in [0.2, 0.25) is 5.69 Å². The number of rotatable bonds is 2. The minimum absolute atomic E-state index is 0.0959. The van der Waals surface area contributed by atoms with Crippen LogP contribution in [-0.2, 0) is 17.2 Å². The van der Waals surface area contributed by atoms with E-state index in [9.17, 15) is 17.8 Å². The molecule has 2 heterocycles. The molecule has 0 amide bonds. The summed E-state index contributed by atoms with van der Waals surface area (Å²) in [5.74, 6) is -0.312. The molecular formula is C20H19N3O4S. The molecule has 4 rings (SSSR count). The van der Waals surface area contributed by atoms with Gasteiger partial charge in [0.25, 0.3) is 0 Å². The molecule has 0 fully saturated rings. The number of pyridine rings is 1. The van der Waals surface area contributed by atoms with E-state index < -0.39 is 10.1 Å². The summed E-state index contributed by atoms with van der Waals surface area (Å²) in [6.45, 7) is 1.31. The van der Waals surface area contributed by atoms with Gasteiger partial charge >= 0.3 is 11.2 Å². The van der Waals surface area contributed by atoms with Gasteiger partial charge in [-0.3, -0.25) is 0 Å². The number of aryl methyl sites for hydroxylation is 1. The minimum Gasteiger partial charge on any atom is -0.748 e. The molecule has 28 heavy (non-hydrogen) atoms. The average Bonchev–Trinajstić information content (AvgIpc) is 2.71. The third-order valence-corrected chi connectivity index (χ3v) is 4.95. The van der Waals surface area contributed by atoms with Crippen molar-refractivity contribution in [2.45, 2.75) is 6.92 Å². The first-order chi connectivity index (χ1) is 13.3. The summed E-state index contributed by atoms with van der Waals surface area (Å²) in [5, 5.41) is 5.71. The Kier molecular flexibility index (Phi) is 5.53. The molecular weight excluding hydrogens is 378 g/mol. The average molecular weight is 397 g/mol. The van der Waals surface area contributed by atoms with E-state index in [0.29, 0.717) is 5.69 Å². The van der Waals surface area contributed by atoms with Gasteiger partial charge in [0.05, 0.1) is 17.2 Å². The number of hydrogen-bond donors (Lipinski definition) is 0. The van der Waals surface area contributed by atoms with Crippen molar-refractivity contribution < 1.29 is 17.5 Å². The fraction of sp³-hybridized carbons (Fsp3) is 0.150. The highest BCUT2D eigenvalue weighted by molar-refractivity contribution is 7.85. The Bertz CT molecular complexity index is 1300. The molecule has 144 valence electrons. The quantitative estimate of drug-likeness (QED) is 0.292. The van der Waals surface area contributed by atoms with Gasteiger partial charge in [0, 0.05) is 22.8 Å². The third-order valence-electron chi connectivity index (χ3n) is 4.25. The number of para-hydroxylation sites is 1. The number of nitrogens with zero attached hydrogens (tertiary/aromatic N) is 3. The zero-order valence-electron chi connectivity index (χ0n) is 15.4. The van der Waals surface area contributed by atoms with Gasteiger partial charge in [-0.2, -0.15) is 4.57 Å². The lowest BCUT2D eigenvalue weighted by molar-refractivity contribution is -0.555. The van der Waals surface area contributed by atoms with Crippen LogP contribution in [0.2, 0.25) is 0 Å². The van der Waals surface area contributed by atoms with Crippen molar-refractivity contribution in [3.05, 3.63) is 77.1 Å². The maximum atomic E-state index is 12.6. The summed E-state index contributed by atoms with van der Waals surface area (Å²) in [4.78, 5) is 12.6. The Morgan fingerprint density at radius 2 is 1.61 bits per heavy atom. The summed E-state index contributed by atoms with van der Waals surface area (Å²) in [7, 11) is -2.13. The molecule has 0 bridgehead atoms. The predicted molar refractivity (Wildman–Crippen MR) is 106 cm³/mol. The van der Waals surface area contributed by atoms with Crippen LogP contribution >= 0.6 is 0 Å². The van der Waals surface area contributed by atoms with Crippen LogP contribution in [0.25, 0.3) is 27.8 Å². The van der Waals surface area contributed by atoms with Gasteiger partial charge in [0.15, 0.2) is 5.52 Å². The number of benzene rings is 2. The summed E-state index contributed by atoms with van der Waals surface area (Å²) in [6.07, 6.45) is 0. The molecule has 4 aromatic rings. The van der Waals surface area contributed by atoms with Crippen molar-refractivity contribution in [1.82, 2.24) is 9.67 Å². The molecule has 0 unspecified atom stereocenters. The Balaban J connectivity index is 0.000000330. The van der Waals surface area contributed by atoms with Crippen molar-refractivity contribution >= 4 is 26.7 Å². The van der Waals surface area contributed by atoms with Crippen molar-refractivity contribution in [1.29, 1.82) is 0 Å². The lowest BCUT2D eigenvalue weighted by Gasteiger charge is -2.04. The fourth-order valence-electron chi connectivity index (χ4n) is 2.72. The summed E-state index contributed by atoms with van der Waals surface area (Å²) < 4.78 is 31.8. The highest BCUT2D eigenvalue weighted by atomic mass is 32.2. The topological polar surface area (TPSA) is 96.2 Å². The zero-order chi connectivity index (χ0) is 20.3. The molecule has 7 nitrogen and oxygen atoms in total. The van der Waals surface area contributed by atoms with Crippen LogP contribution < -0.4 is 10.1 Å². The van der Waals surface area contributed by atoms with Gasteiger partial charge in [-0.1, -0.05) is 65.1 Å². The van der Waals surface area contributed by atoms with E-state index in [2.05, 4.69) is 5.10 Å². The van der Waals surface area contributed by atoms with Crippen molar-refractivity contribution in [3.63, 3.8) is 0 Å². The molecule has 0 aliphatic heterocycles. The highest BCUT2D eigenvalue weighted by Gasteiger charge is 2.18. The van der Waals surface area contributed by atoms with Crippen LogP contribution in [0.4, 0.5) is 0 Å². The summed E-state index contributed by atoms with van der Waals surface area (Å²) in [6, 6.07) is 21.5. The Hall–Kier alpha value is -3.10. The second kappa shape index (κ2) is 7.87. The molecule has 2 aromatic carbocycles. The molecule has 0 aliphatic carbocycles. The smallest absolute Gasteiger partial charge is 0.364 e. The second-order valence-corrected chi connectivity index (χ2v) is 7.78. The number of fused-ring (bicyclic) bond motifs is 3. The molecule has 8 heteroatoms. The van der Waals surface area contributed by atoms with Crippen molar-refractivity contribution in [3.8, 4) is 11.3 Å². The molecule has 0 atom stereocenters. The van der Waals surface area contributed by atoms with Crippen LogP contribution in [-0.4, -0.2) is 28.4 Å². The number of aromatic nitrogens is 3. The molecule has 2 aromatic heterocycles. The minimum atomic E-state index is -3.91. The highest BCUT2D eigenvalue weighted by Crippen LogP contribution is 2.13. The first kappa shape index (κ1) is 19.7. The van der Waals surface area contributed by atoms with Gasteiger partial charge < -0.3 is 4.55 Å². The van der Waals surface area contributed by atoms with E-state index in [1.54, 1.807) is 11.6 Å². The molecule has 0 saturated carbocycles. The van der Waals surface area contributed by atoms with E-state index in [4.69, 9.17) is 0 Å². The van der Waals surface area contributed by atoms with Gasteiger partial charge in [0.1, 0.15) is 0 Å². The van der Waals surface area contributed by atoms with Gasteiger partial charge in [-0.25, -0.2) is 13.2 Å². The first-order valence-electron chi connectivity index (χ1n) is 8.61. The molecule has 0 N–H and O–H groups in total. The molecule has 0 spiro atoms. The maximum absolute atomic E-state index is 12.6. The zero-order valence-corrected chi connectivity index (χ0v) is 16.3. The van der Waals surface area contributed by atoms with E-state index in [1.165, 1.54) is 6.92 Å². The van der Waals surface area contributed by atoms with E-state index in [-0.39, 0.29) is 11.3 Å². The van der Waals surface area contributed by atoms with E-state index in [0.717, 1.165) is 22.1 Å². The largest absolute Gasteiger partial charge is 0.748 e. The van der Waals surface area contributed by atoms with Gasteiger partial charge in [-0.05, 0) is 12.1 Å². The maximum Gasteiger partial charge on any atom is 0.364 e. The number of hydrogen-bond acceptors (Lipinski definition) is 5. The van der Waals surface area contributed by atoms with Crippen LogP contribution in [0.1, 0.15) is 6.92 Å². The summed E-state index contributed by atoms with van der Waals surface area (Å²) >= 11 is 0. The normalized spacial score (nSPS) is 11.2. The van der Waals surface area contributed by atoms with Crippen molar-refractivity contribution in [2.24, 2.45) is 7.05 Å². The Morgan fingerprint density at radius 3 is 2.25 bits per heavy atom. The Morgan fingerprint density at radius 1 is 1.00 bits per heavy atom. The third kappa shape index (κ3) is 4.08.